The van der Waals surface area contributed by atoms with Gasteiger partial charge in [0.25, 0.3) is 0 Å². The summed E-state index contributed by atoms with van der Waals surface area (Å²) in [4.78, 5) is 17.0. The number of thiocarbonyl (C=S) groups is 1. The van der Waals surface area contributed by atoms with Crippen LogP contribution in [0.2, 0.25) is 0 Å². The summed E-state index contributed by atoms with van der Waals surface area (Å²) < 4.78 is 0. The number of nitrogens with zero attached hydrogens (tertiary/aromatic N) is 1. The van der Waals surface area contributed by atoms with Gasteiger partial charge in [0, 0.05) is 6.20 Å². The number of nitrogens with one attached hydrogen (secondary N) is 1. The molecule has 3 N–H and O–H groups in total. The number of aryl methyl sites for hydroxylation is 1. The summed E-state index contributed by atoms with van der Waals surface area (Å²) in [5.74, 6) is 0.438. The van der Waals surface area contributed by atoms with Gasteiger partial charge < -0.3 is 11.1 Å². The van der Waals surface area contributed by atoms with Gasteiger partial charge in [-0.3, -0.25) is 4.79 Å². The lowest BCUT2D eigenvalue weighted by Crippen LogP contribution is -2.47. The first kappa shape index (κ1) is 13.9. The number of carbonyl (C=O) groups excluding carboxylic acids is 1. The van der Waals surface area contributed by atoms with Crippen molar-refractivity contribution in [1.82, 2.24) is 4.98 Å². The average molecular weight is 277 g/mol. The zero-order valence-corrected chi connectivity index (χ0v) is 11.9. The monoisotopic (exact) mass is 277 g/mol. The highest BCUT2D eigenvalue weighted by Crippen LogP contribution is 2.37. The fraction of sp³-hybridized carbons (Fsp3) is 0.500. The van der Waals surface area contributed by atoms with Crippen LogP contribution in [0.15, 0.2) is 18.3 Å². The molecule has 1 aromatic heterocycles. The predicted octanol–water partition coefficient (Wildman–Crippen LogP) is 2.57. The van der Waals surface area contributed by atoms with Gasteiger partial charge in [-0.15, -0.1) is 0 Å². The van der Waals surface area contributed by atoms with Gasteiger partial charge in [-0.25, -0.2) is 4.98 Å². The van der Waals surface area contributed by atoms with Crippen LogP contribution in [0.1, 0.15) is 37.7 Å². The average Bonchev–Trinajstić information content (AvgIpc) is 2.42. The molecule has 1 amide bonds. The van der Waals surface area contributed by atoms with Crippen molar-refractivity contribution in [1.29, 1.82) is 0 Å². The lowest BCUT2D eigenvalue weighted by molar-refractivity contribution is -0.123. The van der Waals surface area contributed by atoms with E-state index in [1.54, 1.807) is 12.3 Å². The Hall–Kier alpha value is -1.49. The van der Waals surface area contributed by atoms with Crippen LogP contribution >= 0.6 is 12.2 Å². The molecule has 1 saturated carbocycles. The summed E-state index contributed by atoms with van der Waals surface area (Å²) >= 11 is 5.14. The van der Waals surface area contributed by atoms with Gasteiger partial charge in [0.15, 0.2) is 0 Å². The van der Waals surface area contributed by atoms with Crippen molar-refractivity contribution in [3.63, 3.8) is 0 Å². The molecule has 0 saturated heterocycles. The highest BCUT2D eigenvalue weighted by Gasteiger charge is 2.42. The van der Waals surface area contributed by atoms with Gasteiger partial charge in [-0.05, 0) is 31.4 Å². The van der Waals surface area contributed by atoms with E-state index in [0.29, 0.717) is 10.8 Å². The van der Waals surface area contributed by atoms with Crippen LogP contribution < -0.4 is 11.1 Å². The van der Waals surface area contributed by atoms with E-state index >= 15 is 0 Å². The normalized spacial score (nSPS) is 17.7. The topological polar surface area (TPSA) is 68.0 Å². The van der Waals surface area contributed by atoms with Gasteiger partial charge in [0.1, 0.15) is 5.82 Å². The molecule has 0 atom stereocenters. The maximum absolute atomic E-state index is 12.5. The molecule has 1 aromatic rings. The minimum atomic E-state index is -0.694. The molecule has 102 valence electrons. The number of carbonyl (C=O) groups is 1. The molecule has 0 aromatic carbocycles. The first-order valence-electron chi connectivity index (χ1n) is 6.59. The molecule has 1 aliphatic carbocycles. The maximum atomic E-state index is 12.5. The van der Waals surface area contributed by atoms with E-state index in [0.717, 1.165) is 37.7 Å². The lowest BCUT2D eigenvalue weighted by Gasteiger charge is -2.34. The van der Waals surface area contributed by atoms with Gasteiger partial charge in [0.2, 0.25) is 5.91 Å². The zero-order chi connectivity index (χ0) is 13.9. The van der Waals surface area contributed by atoms with Crippen LogP contribution in [0.4, 0.5) is 5.82 Å². The number of hydrogen-bond donors (Lipinski definition) is 2. The highest BCUT2D eigenvalue weighted by molar-refractivity contribution is 7.80. The van der Waals surface area contributed by atoms with Crippen LogP contribution in [0.3, 0.4) is 0 Å². The zero-order valence-electron chi connectivity index (χ0n) is 11.1. The summed E-state index contributed by atoms with van der Waals surface area (Å²) in [7, 11) is 0. The molecule has 19 heavy (non-hydrogen) atoms. The van der Waals surface area contributed by atoms with Crippen LogP contribution in [-0.4, -0.2) is 15.9 Å². The Kier molecular flexibility index (Phi) is 4.14. The Balaban J connectivity index is 2.16. The third-order valence-corrected chi connectivity index (χ3v) is 4.16. The van der Waals surface area contributed by atoms with Crippen molar-refractivity contribution in [3.05, 3.63) is 23.9 Å². The van der Waals surface area contributed by atoms with Gasteiger partial charge in [-0.1, -0.05) is 37.5 Å². The van der Waals surface area contributed by atoms with E-state index in [4.69, 9.17) is 18.0 Å². The molecule has 2 rings (SSSR count). The molecule has 0 unspecified atom stereocenters. The molecule has 0 bridgehead atoms. The first-order valence-corrected chi connectivity index (χ1v) is 6.99. The second-order valence-corrected chi connectivity index (χ2v) is 5.62. The van der Waals surface area contributed by atoms with E-state index in [-0.39, 0.29) is 5.91 Å². The molecule has 1 fully saturated rings. The van der Waals surface area contributed by atoms with Crippen molar-refractivity contribution < 1.29 is 4.79 Å². The minimum absolute atomic E-state index is 0.115. The Morgan fingerprint density at radius 2 is 2.05 bits per heavy atom. The molecular weight excluding hydrogens is 258 g/mol. The largest absolute Gasteiger partial charge is 0.392 e. The van der Waals surface area contributed by atoms with Gasteiger partial charge >= 0.3 is 0 Å². The molecule has 0 aliphatic heterocycles. The molecular formula is C14H19N3OS. The molecule has 0 radical (unpaired) electrons. The predicted molar refractivity (Wildman–Crippen MR) is 79.9 cm³/mol. The molecule has 1 heterocycles. The Labute approximate surface area is 118 Å². The number of amides is 1. The summed E-state index contributed by atoms with van der Waals surface area (Å²) in [5, 5.41) is 2.84. The van der Waals surface area contributed by atoms with Crippen molar-refractivity contribution in [2.24, 2.45) is 11.1 Å². The number of pyridine rings is 1. The molecule has 1 aliphatic rings. The number of aromatic nitrogens is 1. The number of hydrogen-bond acceptors (Lipinski definition) is 3. The smallest absolute Gasteiger partial charge is 0.238 e. The van der Waals surface area contributed by atoms with Crippen molar-refractivity contribution in [2.45, 2.75) is 39.0 Å². The van der Waals surface area contributed by atoms with Crippen LogP contribution in [0, 0.1) is 12.3 Å². The van der Waals surface area contributed by atoms with Crippen LogP contribution in [0.5, 0.6) is 0 Å². The molecule has 4 nitrogen and oxygen atoms in total. The second-order valence-electron chi connectivity index (χ2n) is 5.18. The molecule has 0 spiro atoms. The first-order chi connectivity index (χ1) is 9.04. The lowest BCUT2D eigenvalue weighted by atomic mass is 9.73. The summed E-state index contributed by atoms with van der Waals surface area (Å²) in [6.07, 6.45) is 6.32. The summed E-state index contributed by atoms with van der Waals surface area (Å²) in [6.45, 7) is 1.95. The fourth-order valence-electron chi connectivity index (χ4n) is 2.52. The summed E-state index contributed by atoms with van der Waals surface area (Å²) in [6, 6.07) is 3.71. The van der Waals surface area contributed by atoms with E-state index in [9.17, 15) is 4.79 Å². The molecule has 5 heteroatoms. The fourth-order valence-corrected chi connectivity index (χ4v) is 2.82. The van der Waals surface area contributed by atoms with Crippen LogP contribution in [0.25, 0.3) is 0 Å². The quantitative estimate of drug-likeness (QED) is 0.833. The summed E-state index contributed by atoms with van der Waals surface area (Å²) in [5.41, 5.74) is 6.19. The van der Waals surface area contributed by atoms with Crippen molar-refractivity contribution in [3.8, 4) is 0 Å². The van der Waals surface area contributed by atoms with Crippen molar-refractivity contribution in [2.75, 3.05) is 5.32 Å². The Bertz CT molecular complexity index is 478. The Morgan fingerprint density at radius 1 is 1.37 bits per heavy atom. The van der Waals surface area contributed by atoms with E-state index < -0.39 is 5.41 Å². The third kappa shape index (κ3) is 2.92. The highest BCUT2D eigenvalue weighted by atomic mass is 32.1. The maximum Gasteiger partial charge on any atom is 0.238 e. The number of rotatable bonds is 3. The Morgan fingerprint density at radius 3 is 2.58 bits per heavy atom. The SMILES string of the molecule is Cc1ccc(NC(=O)C2(C(N)=S)CCCCC2)nc1. The van der Waals surface area contributed by atoms with Crippen molar-refractivity contribution >= 4 is 28.9 Å². The van der Waals surface area contributed by atoms with E-state index in [1.165, 1.54) is 0 Å². The van der Waals surface area contributed by atoms with Crippen LogP contribution in [-0.2, 0) is 4.79 Å². The second kappa shape index (κ2) is 5.65. The third-order valence-electron chi connectivity index (χ3n) is 3.77. The van der Waals surface area contributed by atoms with E-state index in [2.05, 4.69) is 10.3 Å². The van der Waals surface area contributed by atoms with Gasteiger partial charge in [-0.2, -0.15) is 0 Å². The number of anilines is 1. The van der Waals surface area contributed by atoms with E-state index in [1.807, 2.05) is 13.0 Å². The minimum Gasteiger partial charge on any atom is -0.392 e. The number of nitrogens with two attached hydrogens (primary N) is 1. The standard InChI is InChI=1S/C14H19N3OS/c1-10-5-6-11(16-9-10)17-13(18)14(12(15)19)7-3-2-4-8-14/h5-6,9H,2-4,7-8H2,1H3,(H2,15,19)(H,16,17,18). The van der Waals surface area contributed by atoms with Gasteiger partial charge in [0.05, 0.1) is 10.4 Å².